The lowest BCUT2D eigenvalue weighted by atomic mass is 10.2. The fourth-order valence-corrected chi connectivity index (χ4v) is 1.11. The fraction of sp³-hybridized carbons (Fsp3) is 0.500. The van der Waals surface area contributed by atoms with E-state index in [0.717, 1.165) is 5.56 Å². The highest BCUT2D eigenvalue weighted by molar-refractivity contribution is 5.08. The highest BCUT2D eigenvalue weighted by Gasteiger charge is 2.26. The van der Waals surface area contributed by atoms with Gasteiger partial charge in [-0.1, -0.05) is 6.07 Å². The first kappa shape index (κ1) is 12.0. The Labute approximate surface area is 87.2 Å². The van der Waals surface area contributed by atoms with Gasteiger partial charge in [0.2, 0.25) is 0 Å². The minimum absolute atomic E-state index is 0.446. The second-order valence-corrected chi connectivity index (χ2v) is 3.30. The van der Waals surface area contributed by atoms with Crippen LogP contribution in [0.15, 0.2) is 24.5 Å². The molecule has 1 rings (SSSR count). The number of nitrogens with zero attached hydrogens (tertiary/aromatic N) is 1. The SMILES string of the molecule is OCC(F)(F)CNCCc1cccnc1. The number of aliphatic hydroxyl groups excluding tert-OH is 1. The Hall–Kier alpha value is -1.07. The quantitative estimate of drug-likeness (QED) is 0.693. The van der Waals surface area contributed by atoms with Gasteiger partial charge < -0.3 is 10.4 Å². The van der Waals surface area contributed by atoms with Gasteiger partial charge in [-0.3, -0.25) is 4.98 Å². The molecule has 1 aromatic heterocycles. The van der Waals surface area contributed by atoms with E-state index >= 15 is 0 Å². The van der Waals surface area contributed by atoms with Gasteiger partial charge in [-0.15, -0.1) is 0 Å². The van der Waals surface area contributed by atoms with Crippen LogP contribution in [0.3, 0.4) is 0 Å². The number of hydrogen-bond acceptors (Lipinski definition) is 3. The minimum Gasteiger partial charge on any atom is -0.390 e. The average molecular weight is 216 g/mol. The van der Waals surface area contributed by atoms with E-state index in [1.54, 1.807) is 18.5 Å². The maximum atomic E-state index is 12.6. The zero-order valence-electron chi connectivity index (χ0n) is 8.29. The van der Waals surface area contributed by atoms with Crippen LogP contribution in [0.5, 0.6) is 0 Å². The molecule has 15 heavy (non-hydrogen) atoms. The summed E-state index contributed by atoms with van der Waals surface area (Å²) in [6, 6.07) is 3.69. The van der Waals surface area contributed by atoms with Crippen LogP contribution in [0.4, 0.5) is 8.78 Å². The monoisotopic (exact) mass is 216 g/mol. The van der Waals surface area contributed by atoms with E-state index in [2.05, 4.69) is 10.3 Å². The van der Waals surface area contributed by atoms with Gasteiger partial charge in [0, 0.05) is 12.4 Å². The van der Waals surface area contributed by atoms with E-state index < -0.39 is 19.1 Å². The molecule has 84 valence electrons. The molecule has 5 heteroatoms. The van der Waals surface area contributed by atoms with E-state index in [9.17, 15) is 8.78 Å². The third kappa shape index (κ3) is 4.80. The molecule has 0 radical (unpaired) electrons. The summed E-state index contributed by atoms with van der Waals surface area (Å²) in [5.41, 5.74) is 0.998. The summed E-state index contributed by atoms with van der Waals surface area (Å²) in [6.07, 6.45) is 4.01. The van der Waals surface area contributed by atoms with Crippen LogP contribution in [0.25, 0.3) is 0 Å². The maximum Gasteiger partial charge on any atom is 0.282 e. The van der Waals surface area contributed by atoms with Crippen molar-refractivity contribution in [2.24, 2.45) is 0 Å². The number of rotatable bonds is 6. The van der Waals surface area contributed by atoms with E-state index in [4.69, 9.17) is 5.11 Å². The second-order valence-electron chi connectivity index (χ2n) is 3.30. The Kier molecular flexibility index (Phi) is 4.58. The largest absolute Gasteiger partial charge is 0.390 e. The van der Waals surface area contributed by atoms with E-state index in [-0.39, 0.29) is 0 Å². The molecule has 0 aromatic carbocycles. The Morgan fingerprint density at radius 1 is 1.47 bits per heavy atom. The molecule has 0 bridgehead atoms. The third-order valence-corrected chi connectivity index (χ3v) is 1.93. The molecule has 1 aromatic rings. The van der Waals surface area contributed by atoms with Crippen LogP contribution in [0.2, 0.25) is 0 Å². The summed E-state index contributed by atoms with van der Waals surface area (Å²) >= 11 is 0. The molecule has 0 fully saturated rings. The summed E-state index contributed by atoms with van der Waals surface area (Å²) < 4.78 is 25.1. The molecule has 0 amide bonds. The number of hydrogen-bond donors (Lipinski definition) is 2. The molecule has 0 spiro atoms. The molecule has 0 saturated carbocycles. The third-order valence-electron chi connectivity index (χ3n) is 1.93. The van der Waals surface area contributed by atoms with Crippen molar-refractivity contribution in [3.8, 4) is 0 Å². The first-order valence-corrected chi connectivity index (χ1v) is 4.72. The number of pyridine rings is 1. The van der Waals surface area contributed by atoms with Crippen LogP contribution in [0, 0.1) is 0 Å². The zero-order valence-corrected chi connectivity index (χ0v) is 8.29. The van der Waals surface area contributed by atoms with E-state index in [1.807, 2.05) is 6.07 Å². The van der Waals surface area contributed by atoms with Gasteiger partial charge >= 0.3 is 0 Å². The van der Waals surface area contributed by atoms with Gasteiger partial charge in [-0.05, 0) is 24.6 Å². The molecule has 0 atom stereocenters. The highest BCUT2D eigenvalue weighted by atomic mass is 19.3. The van der Waals surface area contributed by atoms with E-state index in [0.29, 0.717) is 13.0 Å². The Bertz CT molecular complexity index is 280. The summed E-state index contributed by atoms with van der Waals surface area (Å²) in [7, 11) is 0. The fourth-order valence-electron chi connectivity index (χ4n) is 1.11. The summed E-state index contributed by atoms with van der Waals surface area (Å²) in [4.78, 5) is 3.91. The predicted octanol–water partition coefficient (Wildman–Crippen LogP) is 0.841. The molecular weight excluding hydrogens is 202 g/mol. The molecule has 0 aliphatic carbocycles. The summed E-state index contributed by atoms with van der Waals surface area (Å²) in [5.74, 6) is -3.03. The van der Waals surface area contributed by atoms with Crippen molar-refractivity contribution >= 4 is 0 Å². The molecular formula is C10H14F2N2O. The highest BCUT2D eigenvalue weighted by Crippen LogP contribution is 2.09. The lowest BCUT2D eigenvalue weighted by Crippen LogP contribution is -2.36. The predicted molar refractivity (Wildman–Crippen MR) is 52.8 cm³/mol. The van der Waals surface area contributed by atoms with Gasteiger partial charge in [-0.25, -0.2) is 8.78 Å². The molecule has 0 unspecified atom stereocenters. The number of nitrogens with one attached hydrogen (secondary N) is 1. The lowest BCUT2D eigenvalue weighted by Gasteiger charge is -2.13. The van der Waals surface area contributed by atoms with Crippen LogP contribution in [-0.4, -0.2) is 35.7 Å². The van der Waals surface area contributed by atoms with Crippen molar-refractivity contribution in [2.75, 3.05) is 19.7 Å². The lowest BCUT2D eigenvalue weighted by molar-refractivity contribution is -0.0473. The van der Waals surface area contributed by atoms with Crippen molar-refractivity contribution in [3.63, 3.8) is 0 Å². The van der Waals surface area contributed by atoms with Crippen molar-refractivity contribution in [1.29, 1.82) is 0 Å². The Morgan fingerprint density at radius 3 is 2.87 bits per heavy atom. The summed E-state index contributed by atoms with van der Waals surface area (Å²) in [5, 5.41) is 10.9. The molecule has 0 aliphatic heterocycles. The van der Waals surface area contributed by atoms with Crippen LogP contribution < -0.4 is 5.32 Å². The smallest absolute Gasteiger partial charge is 0.282 e. The van der Waals surface area contributed by atoms with Gasteiger partial charge in [0.1, 0.15) is 6.61 Å². The Morgan fingerprint density at radius 2 is 2.27 bits per heavy atom. The van der Waals surface area contributed by atoms with Gasteiger partial charge in [0.05, 0.1) is 6.54 Å². The van der Waals surface area contributed by atoms with Crippen molar-refractivity contribution in [3.05, 3.63) is 30.1 Å². The van der Waals surface area contributed by atoms with Crippen molar-refractivity contribution in [1.82, 2.24) is 10.3 Å². The first-order valence-electron chi connectivity index (χ1n) is 4.72. The second kappa shape index (κ2) is 5.72. The van der Waals surface area contributed by atoms with Crippen LogP contribution in [-0.2, 0) is 6.42 Å². The minimum atomic E-state index is -3.03. The van der Waals surface area contributed by atoms with Crippen LogP contribution in [0.1, 0.15) is 5.56 Å². The standard InChI is InChI=1S/C10H14F2N2O/c11-10(12,8-15)7-14-5-3-9-2-1-4-13-6-9/h1-2,4,6,14-15H,3,5,7-8H2. The number of aromatic nitrogens is 1. The number of halogens is 2. The zero-order chi connectivity index (χ0) is 11.1. The van der Waals surface area contributed by atoms with Gasteiger partial charge in [0.15, 0.2) is 0 Å². The Balaban J connectivity index is 2.18. The van der Waals surface area contributed by atoms with Crippen LogP contribution >= 0.6 is 0 Å². The molecule has 0 saturated heterocycles. The average Bonchev–Trinajstić information content (AvgIpc) is 2.26. The van der Waals surface area contributed by atoms with Gasteiger partial charge in [0.25, 0.3) is 5.92 Å². The maximum absolute atomic E-state index is 12.6. The normalized spacial score (nSPS) is 11.7. The number of alkyl halides is 2. The van der Waals surface area contributed by atoms with Crippen molar-refractivity contribution < 1.29 is 13.9 Å². The molecule has 0 aliphatic rings. The molecule has 3 nitrogen and oxygen atoms in total. The first-order chi connectivity index (χ1) is 7.14. The number of aliphatic hydroxyl groups is 1. The molecule has 2 N–H and O–H groups in total. The molecule has 1 heterocycles. The summed E-state index contributed by atoms with van der Waals surface area (Å²) in [6.45, 7) is -1.17. The topological polar surface area (TPSA) is 45.1 Å². The van der Waals surface area contributed by atoms with Crippen molar-refractivity contribution in [2.45, 2.75) is 12.3 Å². The van der Waals surface area contributed by atoms with Gasteiger partial charge in [-0.2, -0.15) is 0 Å². The van der Waals surface area contributed by atoms with E-state index in [1.165, 1.54) is 0 Å².